The third kappa shape index (κ3) is 2.18. The fourth-order valence-corrected chi connectivity index (χ4v) is 1.52. The van der Waals surface area contributed by atoms with E-state index in [1.165, 1.54) is 11.3 Å². The topological polar surface area (TPSA) is 72.7 Å². The Morgan fingerprint density at radius 1 is 1.67 bits per heavy atom. The van der Waals surface area contributed by atoms with Gasteiger partial charge in [0.15, 0.2) is 0 Å². The van der Waals surface area contributed by atoms with Crippen LogP contribution < -0.4 is 5.32 Å². The molecule has 6 nitrogen and oxygen atoms in total. The molecule has 0 saturated carbocycles. The first-order chi connectivity index (χ1) is 7.27. The minimum Gasteiger partial charge on any atom is -0.325 e. The monoisotopic (exact) mass is 223 g/mol. The molecule has 2 rings (SSSR count). The molecule has 2 aromatic rings. The van der Waals surface area contributed by atoms with Gasteiger partial charge in [0.1, 0.15) is 11.6 Å². The van der Waals surface area contributed by atoms with E-state index >= 15 is 0 Å². The Labute approximate surface area is 90.0 Å². The van der Waals surface area contributed by atoms with E-state index in [1.54, 1.807) is 35.7 Å². The number of carbonyl (C=O) groups excluding carboxylic acids is 1. The molecule has 0 spiro atoms. The van der Waals surface area contributed by atoms with Gasteiger partial charge >= 0.3 is 0 Å². The maximum atomic E-state index is 11.7. The number of hydrogen-bond acceptors (Lipinski definition) is 5. The Morgan fingerprint density at radius 2 is 2.53 bits per heavy atom. The summed E-state index contributed by atoms with van der Waals surface area (Å²) < 4.78 is 1.72. The maximum Gasteiger partial charge on any atom is 0.249 e. The number of aromatic nitrogens is 4. The predicted molar refractivity (Wildman–Crippen MR) is 55.5 cm³/mol. The molecule has 0 radical (unpaired) electrons. The smallest absolute Gasteiger partial charge is 0.249 e. The van der Waals surface area contributed by atoms with Crippen LogP contribution in [-0.2, 0) is 4.79 Å². The van der Waals surface area contributed by atoms with Gasteiger partial charge in [-0.3, -0.25) is 10.1 Å². The summed E-state index contributed by atoms with van der Waals surface area (Å²) >= 11 is 1.29. The zero-order valence-corrected chi connectivity index (χ0v) is 8.81. The number of amides is 1. The van der Waals surface area contributed by atoms with Gasteiger partial charge in [0, 0.05) is 12.4 Å². The van der Waals surface area contributed by atoms with Gasteiger partial charge in [0.25, 0.3) is 0 Å². The van der Waals surface area contributed by atoms with Gasteiger partial charge in [-0.15, -0.1) is 10.2 Å². The zero-order valence-electron chi connectivity index (χ0n) is 7.99. The normalized spacial score (nSPS) is 12.3. The molecule has 0 aliphatic heterocycles. The molecule has 0 fully saturated rings. The van der Waals surface area contributed by atoms with E-state index in [0.29, 0.717) is 5.13 Å². The average molecular weight is 223 g/mol. The second-order valence-electron chi connectivity index (χ2n) is 2.92. The Kier molecular flexibility index (Phi) is 2.72. The van der Waals surface area contributed by atoms with E-state index in [9.17, 15) is 4.79 Å². The number of anilines is 1. The molecule has 0 aliphatic carbocycles. The Morgan fingerprint density at radius 3 is 3.13 bits per heavy atom. The molecule has 2 heterocycles. The molecule has 1 amide bonds. The third-order valence-electron chi connectivity index (χ3n) is 1.94. The van der Waals surface area contributed by atoms with Crippen molar-refractivity contribution >= 4 is 22.4 Å². The number of nitrogens with zero attached hydrogens (tertiary/aromatic N) is 4. The lowest BCUT2D eigenvalue weighted by Gasteiger charge is -2.10. The van der Waals surface area contributed by atoms with Crippen molar-refractivity contribution in [2.24, 2.45) is 0 Å². The van der Waals surface area contributed by atoms with E-state index in [0.717, 1.165) is 0 Å². The van der Waals surface area contributed by atoms with Gasteiger partial charge in [0.05, 0.1) is 6.33 Å². The highest BCUT2D eigenvalue weighted by molar-refractivity contribution is 7.13. The van der Waals surface area contributed by atoms with Crippen molar-refractivity contribution in [3.05, 3.63) is 24.2 Å². The predicted octanol–water partition coefficient (Wildman–Crippen LogP) is 0.934. The molecular formula is C8H9N5OS. The fourth-order valence-electron chi connectivity index (χ4n) is 1.07. The lowest BCUT2D eigenvalue weighted by atomic mass is 10.3. The summed E-state index contributed by atoms with van der Waals surface area (Å²) in [5.41, 5.74) is 1.57. The summed E-state index contributed by atoms with van der Waals surface area (Å²) in [6.07, 6.45) is 4.98. The van der Waals surface area contributed by atoms with Gasteiger partial charge in [-0.05, 0) is 6.92 Å². The number of rotatable bonds is 3. The second-order valence-corrected chi connectivity index (χ2v) is 3.75. The Balaban J connectivity index is 2.03. The lowest BCUT2D eigenvalue weighted by Crippen LogP contribution is -2.22. The number of imidazole rings is 1. The van der Waals surface area contributed by atoms with Crippen LogP contribution in [0, 0.1) is 0 Å². The highest BCUT2D eigenvalue weighted by atomic mass is 32.1. The minimum absolute atomic E-state index is 0.134. The van der Waals surface area contributed by atoms with Crippen molar-refractivity contribution in [3.8, 4) is 0 Å². The third-order valence-corrected chi connectivity index (χ3v) is 2.55. The van der Waals surface area contributed by atoms with Crippen LogP contribution in [0.2, 0.25) is 0 Å². The molecule has 0 aliphatic rings. The molecular weight excluding hydrogens is 214 g/mol. The molecule has 78 valence electrons. The fraction of sp³-hybridized carbons (Fsp3) is 0.250. The maximum absolute atomic E-state index is 11.7. The van der Waals surface area contributed by atoms with Crippen LogP contribution in [0.25, 0.3) is 0 Å². The summed E-state index contributed by atoms with van der Waals surface area (Å²) in [7, 11) is 0. The molecule has 1 N–H and O–H groups in total. The quantitative estimate of drug-likeness (QED) is 0.840. The van der Waals surface area contributed by atoms with E-state index < -0.39 is 0 Å². The van der Waals surface area contributed by atoms with Gasteiger partial charge in [-0.1, -0.05) is 11.3 Å². The second kappa shape index (κ2) is 4.18. The zero-order chi connectivity index (χ0) is 10.7. The average Bonchev–Trinajstić information content (AvgIpc) is 2.88. The van der Waals surface area contributed by atoms with Gasteiger partial charge in [-0.2, -0.15) is 0 Å². The first-order valence-corrected chi connectivity index (χ1v) is 5.20. The van der Waals surface area contributed by atoms with Gasteiger partial charge < -0.3 is 4.57 Å². The van der Waals surface area contributed by atoms with Crippen molar-refractivity contribution in [1.82, 2.24) is 19.7 Å². The van der Waals surface area contributed by atoms with Crippen LogP contribution in [0.15, 0.2) is 24.2 Å². The molecule has 15 heavy (non-hydrogen) atoms. The first-order valence-electron chi connectivity index (χ1n) is 4.32. The van der Waals surface area contributed by atoms with Gasteiger partial charge in [0.2, 0.25) is 11.0 Å². The van der Waals surface area contributed by atoms with Crippen molar-refractivity contribution in [1.29, 1.82) is 0 Å². The van der Waals surface area contributed by atoms with Crippen molar-refractivity contribution in [2.75, 3.05) is 5.32 Å². The first kappa shape index (κ1) is 9.78. The summed E-state index contributed by atoms with van der Waals surface area (Å²) in [5.74, 6) is -0.134. The molecule has 0 aromatic carbocycles. The SMILES string of the molecule is C[C@@H](C(=O)Nc1nncs1)n1ccnc1. The van der Waals surface area contributed by atoms with E-state index in [1.807, 2.05) is 0 Å². The molecule has 2 aromatic heterocycles. The molecule has 1 atom stereocenters. The van der Waals surface area contributed by atoms with Gasteiger partial charge in [-0.25, -0.2) is 4.98 Å². The van der Waals surface area contributed by atoms with Crippen LogP contribution in [0.1, 0.15) is 13.0 Å². The van der Waals surface area contributed by atoms with Crippen LogP contribution in [-0.4, -0.2) is 25.7 Å². The van der Waals surface area contributed by atoms with Crippen LogP contribution in [0.4, 0.5) is 5.13 Å². The van der Waals surface area contributed by atoms with Crippen molar-refractivity contribution in [3.63, 3.8) is 0 Å². The molecule has 0 saturated heterocycles. The van der Waals surface area contributed by atoms with E-state index in [4.69, 9.17) is 0 Å². The molecule has 0 bridgehead atoms. The van der Waals surface area contributed by atoms with Crippen molar-refractivity contribution < 1.29 is 4.79 Å². The molecule has 0 unspecified atom stereocenters. The molecule has 7 heteroatoms. The summed E-state index contributed by atoms with van der Waals surface area (Å²) in [6.45, 7) is 1.79. The van der Waals surface area contributed by atoms with E-state index in [-0.39, 0.29) is 11.9 Å². The largest absolute Gasteiger partial charge is 0.325 e. The Bertz CT molecular complexity index is 424. The highest BCUT2D eigenvalue weighted by Crippen LogP contribution is 2.12. The summed E-state index contributed by atoms with van der Waals surface area (Å²) in [4.78, 5) is 15.6. The van der Waals surface area contributed by atoms with Crippen molar-refractivity contribution in [2.45, 2.75) is 13.0 Å². The Hall–Kier alpha value is -1.76. The summed E-state index contributed by atoms with van der Waals surface area (Å²) in [5, 5.41) is 10.5. The highest BCUT2D eigenvalue weighted by Gasteiger charge is 2.15. The standard InChI is InChI=1S/C8H9N5OS/c1-6(13-3-2-9-4-13)7(14)11-8-12-10-5-15-8/h2-6H,1H3,(H,11,12,14)/t6-/m0/s1. The number of carbonyl (C=O) groups is 1. The van der Waals surface area contributed by atoms with Crippen LogP contribution in [0.5, 0.6) is 0 Å². The number of nitrogens with one attached hydrogen (secondary N) is 1. The minimum atomic E-state index is -0.309. The lowest BCUT2D eigenvalue weighted by molar-refractivity contribution is -0.118. The summed E-state index contributed by atoms with van der Waals surface area (Å²) in [6, 6.07) is -0.309. The number of hydrogen-bond donors (Lipinski definition) is 1. The van der Waals surface area contributed by atoms with Crippen LogP contribution >= 0.6 is 11.3 Å². The van der Waals surface area contributed by atoms with Crippen LogP contribution in [0.3, 0.4) is 0 Å². The van der Waals surface area contributed by atoms with E-state index in [2.05, 4.69) is 20.5 Å².